The number of rotatable bonds is 2. The van der Waals surface area contributed by atoms with Crippen LogP contribution >= 0.6 is 0 Å². The largest absolute Gasteiger partial charge is 3.00 e. The number of carbonyl (C=O) groups excluding carboxylic acids is 1. The molecule has 0 aliphatic heterocycles. The molecule has 0 aromatic rings. The third kappa shape index (κ3) is 4.78. The van der Waals surface area contributed by atoms with Gasteiger partial charge in [-0.15, -0.1) is 0 Å². The van der Waals surface area contributed by atoms with Gasteiger partial charge >= 0.3 is 31.1 Å². The molecule has 15 heavy (non-hydrogen) atoms. The fourth-order valence-corrected chi connectivity index (χ4v) is 1.68. The predicted octanol–water partition coefficient (Wildman–Crippen LogP) is 1.41. The molecule has 0 spiro atoms. The second kappa shape index (κ2) is 7.56. The summed E-state index contributed by atoms with van der Waals surface area (Å²) in [7, 11) is 1.39. The number of hydrogen-bond donors (Lipinski definition) is 2. The van der Waals surface area contributed by atoms with E-state index in [1.807, 2.05) is 6.92 Å². The Hall–Kier alpha value is 0.312. The van der Waals surface area contributed by atoms with E-state index in [9.17, 15) is 4.79 Å². The van der Waals surface area contributed by atoms with Gasteiger partial charge in [-0.25, -0.2) is 0 Å². The molecule has 0 atom stereocenters. The van der Waals surface area contributed by atoms with Crippen molar-refractivity contribution in [2.75, 3.05) is 7.11 Å². The van der Waals surface area contributed by atoms with E-state index >= 15 is 0 Å². The van der Waals surface area contributed by atoms with Crippen LogP contribution in [0.1, 0.15) is 32.6 Å². The number of ether oxygens (including phenoxy) is 1. The average molecular weight is 436 g/mol. The topological polar surface area (TPSA) is 58.6 Å². The zero-order chi connectivity index (χ0) is 10.6. The molecule has 0 bridgehead atoms. The molecule has 5 heteroatoms. The predicted molar refractivity (Wildman–Crippen MR) is 50.8 cm³/mol. The summed E-state index contributed by atoms with van der Waals surface area (Å²) >= 11 is 0. The standard InChI is InChI=1S/C10H16NO3.U/c1-7-5-8(10(12)14-2)3-4-9(6-7)11-13;/h11,13H,3-6H2,1-2H3;/q-3;+3. The molecule has 2 N–H and O–H groups in total. The normalized spacial score (nSPS) is 19.3. The molecule has 0 heterocycles. The van der Waals surface area contributed by atoms with Crippen LogP contribution in [0.2, 0.25) is 0 Å². The molecule has 1 aliphatic rings. The van der Waals surface area contributed by atoms with Gasteiger partial charge in [-0.3, -0.25) is 23.7 Å². The maximum atomic E-state index is 11.3. The molecule has 0 saturated heterocycles. The van der Waals surface area contributed by atoms with Gasteiger partial charge in [0.2, 0.25) is 0 Å². The summed E-state index contributed by atoms with van der Waals surface area (Å²) in [5.41, 5.74) is 2.18. The minimum Gasteiger partial charge on any atom is -0.491 e. The number of esters is 1. The van der Waals surface area contributed by atoms with Crippen LogP contribution < -0.4 is 5.48 Å². The minimum absolute atomic E-state index is 0. The molecular weight excluding hydrogens is 420 g/mol. The summed E-state index contributed by atoms with van der Waals surface area (Å²) in [4.78, 5) is 11.3. The van der Waals surface area contributed by atoms with E-state index in [4.69, 9.17) is 5.21 Å². The van der Waals surface area contributed by atoms with E-state index < -0.39 is 0 Å². The van der Waals surface area contributed by atoms with Gasteiger partial charge in [-0.1, -0.05) is 0 Å². The van der Waals surface area contributed by atoms with Gasteiger partial charge in [0.15, 0.2) is 5.97 Å². The summed E-state index contributed by atoms with van der Waals surface area (Å²) in [5.74, 6) is 1.72. The summed E-state index contributed by atoms with van der Waals surface area (Å²) in [5, 5.41) is 8.79. The molecule has 1 radical (unpaired) electrons. The van der Waals surface area contributed by atoms with Crippen molar-refractivity contribution in [3.05, 3.63) is 17.9 Å². The number of carbonyl (C=O) groups is 1. The summed E-state index contributed by atoms with van der Waals surface area (Å²) in [6.07, 6.45) is 2.76. The maximum absolute atomic E-state index is 11.3. The Bertz CT molecular complexity index is 201. The molecule has 1 fully saturated rings. The number of hydrogen-bond acceptors (Lipinski definition) is 4. The van der Waals surface area contributed by atoms with Crippen LogP contribution in [0.3, 0.4) is 0 Å². The zero-order valence-corrected chi connectivity index (χ0v) is 13.3. The monoisotopic (exact) mass is 436 g/mol. The summed E-state index contributed by atoms with van der Waals surface area (Å²) in [6, 6.07) is 0.862. The summed E-state index contributed by atoms with van der Waals surface area (Å²) in [6.45, 7) is 1.98. The summed E-state index contributed by atoms with van der Waals surface area (Å²) < 4.78 is 4.68. The molecule has 1 aliphatic carbocycles. The first-order chi connectivity index (χ1) is 6.67. The van der Waals surface area contributed by atoms with Crippen molar-refractivity contribution in [3.63, 3.8) is 0 Å². The van der Waals surface area contributed by atoms with Crippen LogP contribution in [0.5, 0.6) is 0 Å². The minimum atomic E-state index is -0.233. The first kappa shape index (κ1) is 15.3. The fourth-order valence-electron chi connectivity index (χ4n) is 1.68. The van der Waals surface area contributed by atoms with Gasteiger partial charge in [-0.05, 0) is 0 Å². The third-order valence-corrected chi connectivity index (χ3v) is 2.39. The zero-order valence-electron chi connectivity index (χ0n) is 9.09. The Labute approximate surface area is 114 Å². The van der Waals surface area contributed by atoms with Crippen molar-refractivity contribution in [2.45, 2.75) is 32.6 Å². The van der Waals surface area contributed by atoms with Crippen LogP contribution in [-0.2, 0) is 9.53 Å². The van der Waals surface area contributed by atoms with E-state index in [0.717, 1.165) is 18.4 Å². The smallest absolute Gasteiger partial charge is 0.491 e. The molecule has 0 unspecified atom stereocenters. The van der Waals surface area contributed by atoms with Crippen LogP contribution in [-0.4, -0.2) is 18.3 Å². The Morgan fingerprint density at radius 3 is 2.60 bits per heavy atom. The van der Waals surface area contributed by atoms with Crippen LogP contribution in [0, 0.1) is 49.0 Å². The molecule has 1 rings (SSSR count). The van der Waals surface area contributed by atoms with Crippen LogP contribution in [0.4, 0.5) is 0 Å². The van der Waals surface area contributed by atoms with E-state index in [-0.39, 0.29) is 37.1 Å². The number of hydroxylamine groups is 1. The van der Waals surface area contributed by atoms with Crippen LogP contribution in [0.25, 0.3) is 0 Å². The Morgan fingerprint density at radius 1 is 1.40 bits per heavy atom. The quantitative estimate of drug-likeness (QED) is 0.298. The molecule has 83 valence electrons. The second-order valence-corrected chi connectivity index (χ2v) is 3.62. The first-order valence-electron chi connectivity index (χ1n) is 4.66. The molecule has 0 aromatic heterocycles. The Balaban J connectivity index is 0.00000196. The molecule has 0 amide bonds. The Morgan fingerprint density at radius 2 is 2.07 bits per heavy atom. The van der Waals surface area contributed by atoms with Crippen molar-refractivity contribution in [1.29, 1.82) is 0 Å². The van der Waals surface area contributed by atoms with Gasteiger partial charge in [-0.2, -0.15) is 19.8 Å². The van der Waals surface area contributed by atoms with E-state index in [1.165, 1.54) is 13.0 Å². The van der Waals surface area contributed by atoms with Crippen LogP contribution in [0.15, 0.2) is 0 Å². The van der Waals surface area contributed by atoms with Crippen molar-refractivity contribution in [3.8, 4) is 0 Å². The van der Waals surface area contributed by atoms with E-state index in [2.05, 4.69) is 10.2 Å². The van der Waals surface area contributed by atoms with Gasteiger partial charge in [0, 0.05) is 0 Å². The first-order valence-corrected chi connectivity index (χ1v) is 4.66. The Kier molecular flexibility index (Phi) is 7.72. The van der Waals surface area contributed by atoms with Gasteiger partial charge in [0.1, 0.15) is 0 Å². The average Bonchev–Trinajstić information content (AvgIpc) is 2.38. The second-order valence-electron chi connectivity index (χ2n) is 3.62. The number of nitrogens with one attached hydrogen (secondary N) is 1. The maximum Gasteiger partial charge on any atom is 3.00 e. The molecule has 4 nitrogen and oxygen atoms in total. The van der Waals surface area contributed by atoms with Gasteiger partial charge < -0.3 is 27.3 Å². The van der Waals surface area contributed by atoms with E-state index in [1.54, 1.807) is 0 Å². The van der Waals surface area contributed by atoms with E-state index in [0.29, 0.717) is 19.3 Å². The molecule has 1 saturated carbocycles. The van der Waals surface area contributed by atoms with Gasteiger partial charge in [0.25, 0.3) is 0 Å². The molecular formula is C10H16NO3U. The van der Waals surface area contributed by atoms with Crippen molar-refractivity contribution in [1.82, 2.24) is 5.48 Å². The van der Waals surface area contributed by atoms with Crippen molar-refractivity contribution < 1.29 is 45.9 Å². The van der Waals surface area contributed by atoms with Crippen molar-refractivity contribution in [2.24, 2.45) is 0 Å². The van der Waals surface area contributed by atoms with Gasteiger partial charge in [0.05, 0.1) is 7.11 Å². The van der Waals surface area contributed by atoms with Crippen molar-refractivity contribution >= 4 is 5.97 Å². The molecule has 0 aromatic carbocycles. The SMILES string of the molecule is COC(=O)[C-]1CC[C-](NO)C[C-](C)C1.[U+3]. The third-order valence-electron chi connectivity index (χ3n) is 2.39. The fraction of sp³-hybridized carbons (Fsp3) is 0.600. The number of methoxy groups -OCH3 is 1.